The number of carbonyl (C=O) groups excluding carboxylic acids is 1. The number of halogens is 2. The van der Waals surface area contributed by atoms with Gasteiger partial charge in [0.1, 0.15) is 18.5 Å². The Morgan fingerprint density at radius 3 is 2.49 bits per heavy atom. The van der Waals surface area contributed by atoms with Gasteiger partial charge in [-0.05, 0) is 49.3 Å². The monoisotopic (exact) mass is 539 g/mol. The van der Waals surface area contributed by atoms with Crippen molar-refractivity contribution in [1.82, 2.24) is 14.9 Å². The van der Waals surface area contributed by atoms with E-state index in [1.165, 1.54) is 19.3 Å². The van der Waals surface area contributed by atoms with Gasteiger partial charge in [-0.15, -0.1) is 0 Å². The number of aromatic nitrogens is 2. The third kappa shape index (κ3) is 5.60. The zero-order valence-electron chi connectivity index (χ0n) is 22.1. The van der Waals surface area contributed by atoms with Crippen LogP contribution in [0.2, 0.25) is 0 Å². The number of imidazole rings is 1. The van der Waals surface area contributed by atoms with E-state index in [1.54, 1.807) is 16.7 Å². The van der Waals surface area contributed by atoms with Crippen LogP contribution in [0.3, 0.4) is 0 Å². The van der Waals surface area contributed by atoms with Gasteiger partial charge < -0.3 is 24.1 Å². The number of hydrogen-bond donors (Lipinski definition) is 1. The summed E-state index contributed by atoms with van der Waals surface area (Å²) in [6.45, 7) is 0.831. The van der Waals surface area contributed by atoms with Crippen LogP contribution in [0.25, 0.3) is 11.0 Å². The smallest absolute Gasteiger partial charge is 0.247 e. The topological polar surface area (TPSA) is 74.6 Å². The fraction of sp³-hybridized carbons (Fsp3) is 0.533. The number of fused-ring (bicyclic) bond motifs is 2. The molecule has 2 fully saturated rings. The number of carbonyl (C=O) groups is 1. The number of nitrogens with zero attached hydrogens (tertiary/aromatic N) is 2. The molecule has 6 rings (SSSR count). The molecule has 39 heavy (non-hydrogen) atoms. The minimum absolute atomic E-state index is 0.0673. The molecule has 1 aliphatic heterocycles. The second kappa shape index (κ2) is 11.5. The SMILES string of the molecule is O=C(NC1CCCCC1)C(c1ccc2c(c1)OCO2)n1c(COCC2CCCCC2)nc2cc(F)c(F)cc21. The molecule has 2 saturated carbocycles. The average molecular weight is 540 g/mol. The number of benzene rings is 2. The summed E-state index contributed by atoms with van der Waals surface area (Å²) < 4.78 is 47.8. The van der Waals surface area contributed by atoms with Crippen LogP contribution in [0.4, 0.5) is 8.78 Å². The van der Waals surface area contributed by atoms with Crippen molar-refractivity contribution in [3.8, 4) is 11.5 Å². The molecule has 9 heteroatoms. The van der Waals surface area contributed by atoms with Crippen LogP contribution in [-0.2, 0) is 16.1 Å². The van der Waals surface area contributed by atoms with E-state index in [-0.39, 0.29) is 30.9 Å². The van der Waals surface area contributed by atoms with Gasteiger partial charge in [0, 0.05) is 24.8 Å². The second-order valence-corrected chi connectivity index (χ2v) is 11.0. The predicted molar refractivity (Wildman–Crippen MR) is 142 cm³/mol. The molecule has 0 bridgehead atoms. The Kier molecular flexibility index (Phi) is 7.68. The highest BCUT2D eigenvalue weighted by Gasteiger charge is 2.31. The number of rotatable bonds is 8. The summed E-state index contributed by atoms with van der Waals surface area (Å²) >= 11 is 0. The quantitative estimate of drug-likeness (QED) is 0.370. The molecule has 1 N–H and O–H groups in total. The normalized spacial score (nSPS) is 18.9. The van der Waals surface area contributed by atoms with E-state index in [0.717, 1.165) is 57.1 Å². The number of nitrogens with one attached hydrogen (secondary N) is 1. The third-order valence-electron chi connectivity index (χ3n) is 8.28. The van der Waals surface area contributed by atoms with Crippen molar-refractivity contribution < 1.29 is 27.8 Å². The lowest BCUT2D eigenvalue weighted by molar-refractivity contribution is -0.124. The second-order valence-electron chi connectivity index (χ2n) is 11.0. The lowest BCUT2D eigenvalue weighted by Crippen LogP contribution is -2.41. The van der Waals surface area contributed by atoms with Crippen LogP contribution in [0, 0.1) is 17.6 Å². The highest BCUT2D eigenvalue weighted by molar-refractivity contribution is 5.87. The van der Waals surface area contributed by atoms with Crippen molar-refractivity contribution in [3.63, 3.8) is 0 Å². The van der Waals surface area contributed by atoms with E-state index in [9.17, 15) is 13.6 Å². The molecule has 3 aromatic rings. The van der Waals surface area contributed by atoms with Crippen molar-refractivity contribution in [2.75, 3.05) is 13.4 Å². The van der Waals surface area contributed by atoms with Crippen molar-refractivity contribution in [2.45, 2.75) is 82.9 Å². The first-order valence-electron chi connectivity index (χ1n) is 14.2. The van der Waals surface area contributed by atoms with E-state index >= 15 is 0 Å². The summed E-state index contributed by atoms with van der Waals surface area (Å²) in [7, 11) is 0. The molecule has 1 amide bonds. The number of amides is 1. The molecule has 0 radical (unpaired) electrons. The van der Waals surface area contributed by atoms with Gasteiger partial charge in [0.2, 0.25) is 12.7 Å². The Bertz CT molecular complexity index is 1330. The molecule has 2 aromatic carbocycles. The van der Waals surface area contributed by atoms with Gasteiger partial charge >= 0.3 is 0 Å². The van der Waals surface area contributed by atoms with Crippen LogP contribution < -0.4 is 14.8 Å². The van der Waals surface area contributed by atoms with Gasteiger partial charge in [-0.25, -0.2) is 13.8 Å². The van der Waals surface area contributed by atoms with Gasteiger partial charge in [0.15, 0.2) is 23.1 Å². The Balaban J connectivity index is 1.39. The van der Waals surface area contributed by atoms with Gasteiger partial charge in [-0.2, -0.15) is 0 Å². The molecule has 1 atom stereocenters. The molecular formula is C30H35F2N3O4. The molecule has 0 spiro atoms. The van der Waals surface area contributed by atoms with Gasteiger partial charge in [-0.3, -0.25) is 4.79 Å². The van der Waals surface area contributed by atoms with Gasteiger partial charge in [0.25, 0.3) is 0 Å². The first-order chi connectivity index (χ1) is 19.1. The first-order valence-corrected chi connectivity index (χ1v) is 14.2. The summed E-state index contributed by atoms with van der Waals surface area (Å²) in [4.78, 5) is 18.7. The molecule has 2 heterocycles. The zero-order chi connectivity index (χ0) is 26.8. The lowest BCUT2D eigenvalue weighted by atomic mass is 9.90. The van der Waals surface area contributed by atoms with E-state index < -0.39 is 17.7 Å². The molecule has 2 aliphatic carbocycles. The molecule has 1 aromatic heterocycles. The molecule has 0 saturated heterocycles. The van der Waals surface area contributed by atoms with E-state index in [2.05, 4.69) is 10.3 Å². The standard InChI is InChI=1S/C30H35F2N3O4/c31-22-14-24-25(15-23(22)32)35(28(34-24)17-37-16-19-7-3-1-4-8-19)29(30(36)33-21-9-5-2-6-10-21)20-11-12-26-27(13-20)39-18-38-26/h11-15,19,21,29H,1-10,16-18H2,(H,33,36). The third-order valence-corrected chi connectivity index (χ3v) is 8.28. The maximum absolute atomic E-state index is 14.6. The molecule has 7 nitrogen and oxygen atoms in total. The van der Waals surface area contributed by atoms with E-state index in [1.807, 2.05) is 6.07 Å². The first kappa shape index (κ1) is 26.0. The molecule has 3 aliphatic rings. The van der Waals surface area contributed by atoms with Crippen molar-refractivity contribution >= 4 is 16.9 Å². The van der Waals surface area contributed by atoms with Crippen LogP contribution in [0.15, 0.2) is 30.3 Å². The predicted octanol–water partition coefficient (Wildman–Crippen LogP) is 6.18. The Morgan fingerprint density at radius 2 is 1.69 bits per heavy atom. The van der Waals surface area contributed by atoms with E-state index in [0.29, 0.717) is 40.9 Å². The Morgan fingerprint density at radius 1 is 0.974 bits per heavy atom. The van der Waals surface area contributed by atoms with Crippen LogP contribution in [0.5, 0.6) is 11.5 Å². The lowest BCUT2D eigenvalue weighted by Gasteiger charge is -2.28. The van der Waals surface area contributed by atoms with Gasteiger partial charge in [-0.1, -0.05) is 44.6 Å². The summed E-state index contributed by atoms with van der Waals surface area (Å²) in [5, 5.41) is 3.23. The summed E-state index contributed by atoms with van der Waals surface area (Å²) in [6.07, 6.45) is 11.1. The summed E-state index contributed by atoms with van der Waals surface area (Å²) in [5.41, 5.74) is 1.26. The average Bonchev–Trinajstić information content (AvgIpc) is 3.55. The van der Waals surface area contributed by atoms with Crippen molar-refractivity contribution in [2.24, 2.45) is 5.92 Å². The number of ether oxygens (including phenoxy) is 3. The summed E-state index contributed by atoms with van der Waals surface area (Å²) in [5.74, 6) is -0.107. The van der Waals surface area contributed by atoms with Crippen molar-refractivity contribution in [1.29, 1.82) is 0 Å². The fourth-order valence-electron chi connectivity index (χ4n) is 6.23. The molecule has 208 valence electrons. The maximum atomic E-state index is 14.6. The van der Waals surface area contributed by atoms with Crippen LogP contribution in [-0.4, -0.2) is 34.9 Å². The highest BCUT2D eigenvalue weighted by Crippen LogP contribution is 2.37. The minimum atomic E-state index is -0.990. The maximum Gasteiger partial charge on any atom is 0.247 e. The van der Waals surface area contributed by atoms with Gasteiger partial charge in [0.05, 0.1) is 11.0 Å². The minimum Gasteiger partial charge on any atom is -0.454 e. The Hall–Kier alpha value is -3.20. The largest absolute Gasteiger partial charge is 0.454 e. The van der Waals surface area contributed by atoms with Crippen LogP contribution >= 0.6 is 0 Å². The van der Waals surface area contributed by atoms with E-state index in [4.69, 9.17) is 14.2 Å². The van der Waals surface area contributed by atoms with Crippen molar-refractivity contribution in [3.05, 3.63) is 53.4 Å². The Labute approximate surface area is 226 Å². The number of hydrogen-bond acceptors (Lipinski definition) is 5. The fourth-order valence-corrected chi connectivity index (χ4v) is 6.23. The molecular weight excluding hydrogens is 504 g/mol. The van der Waals surface area contributed by atoms with Crippen LogP contribution in [0.1, 0.15) is 81.6 Å². The summed E-state index contributed by atoms with van der Waals surface area (Å²) in [6, 6.07) is 6.76. The molecule has 1 unspecified atom stereocenters. The highest BCUT2D eigenvalue weighted by atomic mass is 19.2. The zero-order valence-corrected chi connectivity index (χ0v) is 22.1.